The van der Waals surface area contributed by atoms with E-state index in [0.29, 0.717) is 23.9 Å². The fourth-order valence-corrected chi connectivity index (χ4v) is 2.81. The van der Waals surface area contributed by atoms with E-state index in [-0.39, 0.29) is 12.0 Å². The first-order chi connectivity index (χ1) is 11.5. The molecule has 0 aromatic heterocycles. The molecule has 4 nitrogen and oxygen atoms in total. The number of hydrogen-bond acceptors (Lipinski definition) is 3. The highest BCUT2D eigenvalue weighted by Gasteiger charge is 2.35. The summed E-state index contributed by atoms with van der Waals surface area (Å²) in [7, 11) is 0. The molecule has 1 fully saturated rings. The number of likely N-dealkylation sites (tertiary alicyclic amines) is 1. The number of rotatable bonds is 5. The van der Waals surface area contributed by atoms with E-state index in [2.05, 4.69) is 0 Å². The summed E-state index contributed by atoms with van der Waals surface area (Å²) in [6.07, 6.45) is -0.516. The Labute approximate surface area is 146 Å². The zero-order chi connectivity index (χ0) is 17.1. The van der Waals surface area contributed by atoms with Gasteiger partial charge in [-0.2, -0.15) is 0 Å². The second kappa shape index (κ2) is 7.14. The lowest BCUT2D eigenvalue weighted by Crippen LogP contribution is -2.58. The minimum Gasteiger partial charge on any atom is -0.487 e. The summed E-state index contributed by atoms with van der Waals surface area (Å²) in [5.41, 5.74) is 1.16. The fraction of sp³-hybridized carbons (Fsp3) is 0.316. The zero-order valence-electron chi connectivity index (χ0n) is 13.7. The standard InChI is InChI=1S/C19H20ClNO3/c1-13-5-3-7-16(9-13)24-18-11-21(12-18)19(22)14(2)23-17-8-4-6-15(20)10-17/h3-10,14,18H,11-12H2,1-2H3. The van der Waals surface area contributed by atoms with E-state index in [1.54, 1.807) is 36.1 Å². The van der Waals surface area contributed by atoms with Crippen LogP contribution in [-0.4, -0.2) is 36.1 Å². The van der Waals surface area contributed by atoms with E-state index in [9.17, 15) is 4.79 Å². The largest absolute Gasteiger partial charge is 0.487 e. The monoisotopic (exact) mass is 345 g/mol. The van der Waals surface area contributed by atoms with Crippen LogP contribution < -0.4 is 9.47 Å². The van der Waals surface area contributed by atoms with Gasteiger partial charge in [-0.1, -0.05) is 29.8 Å². The normalized spacial score (nSPS) is 15.5. The van der Waals surface area contributed by atoms with E-state index >= 15 is 0 Å². The van der Waals surface area contributed by atoms with Crippen LogP contribution in [0.1, 0.15) is 12.5 Å². The van der Waals surface area contributed by atoms with Crippen molar-refractivity contribution in [2.24, 2.45) is 0 Å². The summed E-state index contributed by atoms with van der Waals surface area (Å²) >= 11 is 5.92. The summed E-state index contributed by atoms with van der Waals surface area (Å²) in [6, 6.07) is 15.0. The SMILES string of the molecule is Cc1cccc(OC2CN(C(=O)C(C)Oc3cccc(Cl)c3)C2)c1. The third-order valence-corrected chi connectivity index (χ3v) is 4.14. The molecule has 2 aromatic rings. The Kier molecular flexibility index (Phi) is 4.95. The molecule has 1 amide bonds. The molecule has 0 saturated carbocycles. The summed E-state index contributed by atoms with van der Waals surface area (Å²) in [5, 5.41) is 0.586. The van der Waals surface area contributed by atoms with Gasteiger partial charge >= 0.3 is 0 Å². The van der Waals surface area contributed by atoms with E-state index < -0.39 is 6.10 Å². The van der Waals surface area contributed by atoms with Crippen LogP contribution in [0.3, 0.4) is 0 Å². The van der Waals surface area contributed by atoms with Crippen LogP contribution in [0.25, 0.3) is 0 Å². The molecule has 0 bridgehead atoms. The maximum Gasteiger partial charge on any atom is 0.263 e. The van der Waals surface area contributed by atoms with E-state index in [1.165, 1.54) is 0 Å². The Morgan fingerprint density at radius 3 is 2.58 bits per heavy atom. The van der Waals surface area contributed by atoms with Gasteiger partial charge in [0.15, 0.2) is 6.10 Å². The van der Waals surface area contributed by atoms with Crippen LogP contribution in [-0.2, 0) is 4.79 Å². The highest BCUT2D eigenvalue weighted by atomic mass is 35.5. The second-order valence-corrected chi connectivity index (χ2v) is 6.45. The molecular formula is C19H20ClNO3. The van der Waals surface area contributed by atoms with Crippen molar-refractivity contribution in [3.05, 3.63) is 59.1 Å². The summed E-state index contributed by atoms with van der Waals surface area (Å²) < 4.78 is 11.5. The fourth-order valence-electron chi connectivity index (χ4n) is 2.63. The molecule has 1 aliphatic rings. The van der Waals surface area contributed by atoms with Crippen LogP contribution in [0.4, 0.5) is 0 Å². The molecule has 1 atom stereocenters. The van der Waals surface area contributed by atoms with Gasteiger partial charge in [-0.25, -0.2) is 0 Å². The molecule has 0 spiro atoms. The molecule has 126 valence electrons. The Hall–Kier alpha value is -2.20. The predicted octanol–water partition coefficient (Wildman–Crippen LogP) is 3.71. The van der Waals surface area contributed by atoms with E-state index in [1.807, 2.05) is 31.2 Å². The summed E-state index contributed by atoms with van der Waals surface area (Å²) in [4.78, 5) is 14.1. The van der Waals surface area contributed by atoms with Gasteiger partial charge in [0.1, 0.15) is 17.6 Å². The van der Waals surface area contributed by atoms with Crippen molar-refractivity contribution in [3.63, 3.8) is 0 Å². The average molecular weight is 346 g/mol. The van der Waals surface area contributed by atoms with Gasteiger partial charge in [0.25, 0.3) is 5.91 Å². The molecule has 1 unspecified atom stereocenters. The number of carbonyl (C=O) groups excluding carboxylic acids is 1. The third kappa shape index (κ3) is 4.01. The van der Waals surface area contributed by atoms with Gasteiger partial charge in [0, 0.05) is 5.02 Å². The van der Waals surface area contributed by atoms with Crippen molar-refractivity contribution in [3.8, 4) is 11.5 Å². The quantitative estimate of drug-likeness (QED) is 0.829. The lowest BCUT2D eigenvalue weighted by Gasteiger charge is -2.40. The Morgan fingerprint density at radius 2 is 1.88 bits per heavy atom. The van der Waals surface area contributed by atoms with Gasteiger partial charge < -0.3 is 14.4 Å². The maximum absolute atomic E-state index is 12.4. The van der Waals surface area contributed by atoms with Crippen LogP contribution in [0.15, 0.2) is 48.5 Å². The van der Waals surface area contributed by atoms with Crippen LogP contribution >= 0.6 is 11.6 Å². The van der Waals surface area contributed by atoms with Crippen LogP contribution in [0.2, 0.25) is 5.02 Å². The molecule has 1 aliphatic heterocycles. The van der Waals surface area contributed by atoms with Crippen molar-refractivity contribution in [2.45, 2.75) is 26.1 Å². The molecule has 2 aromatic carbocycles. The van der Waals surface area contributed by atoms with Gasteiger partial charge in [0.05, 0.1) is 13.1 Å². The highest BCUT2D eigenvalue weighted by molar-refractivity contribution is 6.30. The molecule has 1 heterocycles. The number of amides is 1. The van der Waals surface area contributed by atoms with E-state index in [4.69, 9.17) is 21.1 Å². The first-order valence-electron chi connectivity index (χ1n) is 7.95. The number of halogens is 1. The number of carbonyl (C=O) groups is 1. The number of hydrogen-bond donors (Lipinski definition) is 0. The topological polar surface area (TPSA) is 38.8 Å². The van der Waals surface area contributed by atoms with Gasteiger partial charge in [-0.3, -0.25) is 4.79 Å². The number of ether oxygens (including phenoxy) is 2. The van der Waals surface area contributed by atoms with Crippen LogP contribution in [0, 0.1) is 6.92 Å². The molecule has 0 radical (unpaired) electrons. The first-order valence-corrected chi connectivity index (χ1v) is 8.33. The second-order valence-electron chi connectivity index (χ2n) is 6.02. The number of benzene rings is 2. The minimum atomic E-state index is -0.552. The van der Waals surface area contributed by atoms with Crippen molar-refractivity contribution < 1.29 is 14.3 Å². The highest BCUT2D eigenvalue weighted by Crippen LogP contribution is 2.22. The molecule has 5 heteroatoms. The molecule has 0 aliphatic carbocycles. The van der Waals surface area contributed by atoms with Crippen molar-refractivity contribution in [1.29, 1.82) is 0 Å². The summed E-state index contributed by atoms with van der Waals surface area (Å²) in [5.74, 6) is 1.39. The average Bonchev–Trinajstić information content (AvgIpc) is 2.50. The smallest absolute Gasteiger partial charge is 0.263 e. The lowest BCUT2D eigenvalue weighted by atomic mass is 10.1. The molecule has 3 rings (SSSR count). The van der Waals surface area contributed by atoms with Crippen LogP contribution in [0.5, 0.6) is 11.5 Å². The molecular weight excluding hydrogens is 326 g/mol. The first kappa shape index (κ1) is 16.7. The van der Waals surface area contributed by atoms with E-state index in [0.717, 1.165) is 11.3 Å². The number of aryl methyl sites for hydroxylation is 1. The van der Waals surface area contributed by atoms with Crippen molar-refractivity contribution in [2.75, 3.05) is 13.1 Å². The molecule has 1 saturated heterocycles. The Balaban J connectivity index is 1.49. The summed E-state index contributed by atoms with van der Waals surface area (Å²) in [6.45, 7) is 4.93. The van der Waals surface area contributed by atoms with Gasteiger partial charge in [0.2, 0.25) is 0 Å². The Morgan fingerprint density at radius 1 is 1.17 bits per heavy atom. The Bertz CT molecular complexity index is 728. The maximum atomic E-state index is 12.4. The van der Waals surface area contributed by atoms with Gasteiger partial charge in [-0.15, -0.1) is 0 Å². The van der Waals surface area contributed by atoms with Crippen molar-refractivity contribution in [1.82, 2.24) is 4.90 Å². The van der Waals surface area contributed by atoms with Gasteiger partial charge in [-0.05, 0) is 49.7 Å². The van der Waals surface area contributed by atoms with Crippen molar-refractivity contribution >= 4 is 17.5 Å². The predicted molar refractivity (Wildman–Crippen MR) is 93.7 cm³/mol. The molecule has 0 N–H and O–H groups in total. The minimum absolute atomic E-state index is 0.0362. The zero-order valence-corrected chi connectivity index (χ0v) is 14.5. The molecule has 24 heavy (non-hydrogen) atoms. The third-order valence-electron chi connectivity index (χ3n) is 3.91. The number of nitrogens with zero attached hydrogens (tertiary/aromatic N) is 1. The lowest BCUT2D eigenvalue weighted by molar-refractivity contribution is -0.146.